The van der Waals surface area contributed by atoms with Gasteiger partial charge in [-0.3, -0.25) is 14.4 Å². The van der Waals surface area contributed by atoms with Gasteiger partial charge in [0.05, 0.1) is 10.8 Å². The Labute approximate surface area is 392 Å². The maximum absolute atomic E-state index is 11.9. The van der Waals surface area contributed by atoms with Gasteiger partial charge in [-0.2, -0.15) is 0 Å². The van der Waals surface area contributed by atoms with Gasteiger partial charge in [-0.25, -0.2) is 4.79 Å². The van der Waals surface area contributed by atoms with Gasteiger partial charge in [0.2, 0.25) is 0 Å². The molecule has 0 aliphatic heterocycles. The van der Waals surface area contributed by atoms with Gasteiger partial charge >= 0.3 is 17.9 Å². The highest BCUT2D eigenvalue weighted by Gasteiger charge is 2.39. The summed E-state index contributed by atoms with van der Waals surface area (Å²) in [5.41, 5.74) is 1.14. The fraction of sp³-hybridized carbons (Fsp3) is 0.556. The van der Waals surface area contributed by atoms with E-state index in [1.165, 1.54) is 5.56 Å². The molecule has 11 nitrogen and oxygen atoms in total. The third-order valence-corrected chi connectivity index (χ3v) is 11.4. The molecule has 2 aromatic carbocycles. The lowest BCUT2D eigenvalue weighted by atomic mass is 9.90. The first-order valence-electron chi connectivity index (χ1n) is 22.9. The van der Waals surface area contributed by atoms with Crippen LogP contribution in [0.4, 0.5) is 0 Å². The van der Waals surface area contributed by atoms with E-state index in [2.05, 4.69) is 40.2 Å². The van der Waals surface area contributed by atoms with Crippen molar-refractivity contribution in [3.8, 4) is 11.5 Å². The molecule has 2 aliphatic carbocycles. The number of rotatable bonds is 16. The van der Waals surface area contributed by atoms with E-state index in [0.29, 0.717) is 30.3 Å². The van der Waals surface area contributed by atoms with Crippen LogP contribution in [0.2, 0.25) is 0 Å². The Bertz CT molecular complexity index is 1720. The molecule has 366 valence electrons. The van der Waals surface area contributed by atoms with Crippen LogP contribution in [-0.4, -0.2) is 63.3 Å². The summed E-state index contributed by atoms with van der Waals surface area (Å²) in [4.78, 5) is 42.5. The number of aromatic hydroxyl groups is 1. The smallest absolute Gasteiger partial charge is 0.333 e. The molecule has 0 saturated heterocycles. The fourth-order valence-corrected chi connectivity index (χ4v) is 5.71. The number of phenols is 1. The zero-order chi connectivity index (χ0) is 50.4. The van der Waals surface area contributed by atoms with Crippen LogP contribution in [0.5, 0.6) is 11.5 Å². The van der Waals surface area contributed by atoms with Crippen molar-refractivity contribution in [2.24, 2.45) is 10.8 Å². The molecule has 2 fully saturated rings. The minimum absolute atomic E-state index is 0.0909. The van der Waals surface area contributed by atoms with E-state index in [1.807, 2.05) is 84.0 Å². The average molecular weight is 909 g/mol. The Hall–Kier alpha value is -5.16. The van der Waals surface area contributed by atoms with E-state index in [0.717, 1.165) is 82.4 Å². The highest BCUT2D eigenvalue weighted by molar-refractivity contribution is 5.87. The van der Waals surface area contributed by atoms with E-state index in [4.69, 9.17) is 39.1 Å². The van der Waals surface area contributed by atoms with Crippen molar-refractivity contribution in [2.45, 2.75) is 177 Å². The molecule has 2 aromatic rings. The molecular weight excluding hydrogens is 825 g/mol. The first-order valence-corrected chi connectivity index (χ1v) is 22.9. The quantitative estimate of drug-likeness (QED) is 0.0635. The Morgan fingerprint density at radius 3 is 1.48 bits per heavy atom. The maximum atomic E-state index is 11.9. The molecule has 0 bridgehead atoms. The highest BCUT2D eigenvalue weighted by Crippen LogP contribution is 2.37. The van der Waals surface area contributed by atoms with Crippen LogP contribution < -0.4 is 4.74 Å². The number of carboxylic acids is 2. The highest BCUT2D eigenvalue weighted by atomic mass is 16.7. The predicted octanol–water partition coefficient (Wildman–Crippen LogP) is 13.7. The summed E-state index contributed by atoms with van der Waals surface area (Å²) < 4.78 is 21.8. The van der Waals surface area contributed by atoms with E-state index in [9.17, 15) is 14.4 Å². The second-order valence-corrected chi connectivity index (χ2v) is 17.6. The molecule has 0 amide bonds. The fourth-order valence-electron chi connectivity index (χ4n) is 5.71. The number of hydrogen-bond donors (Lipinski definition) is 3. The van der Waals surface area contributed by atoms with Crippen molar-refractivity contribution in [3.05, 3.63) is 104 Å². The lowest BCUT2D eigenvalue weighted by Crippen LogP contribution is -2.36. The Balaban J connectivity index is 0. The van der Waals surface area contributed by atoms with Crippen molar-refractivity contribution in [3.63, 3.8) is 0 Å². The van der Waals surface area contributed by atoms with Crippen LogP contribution in [0.25, 0.3) is 6.08 Å². The number of esters is 2. The second-order valence-electron chi connectivity index (χ2n) is 17.6. The SMILES string of the molecule is C=CC1(OC(=O)C(=C)C)CCCC1.C=CC1(OC(=O)C(C)(C)CC)CCCC1.C=Cc1ccc(OC(C)OCC)cc1.CC(=O)O.CCC(C)(C)C(=O)O.CCC(C)c1ccc(O)cc1. The molecule has 2 atom stereocenters. The molecule has 0 heterocycles. The lowest BCUT2D eigenvalue weighted by molar-refractivity contribution is -0.165. The van der Waals surface area contributed by atoms with Gasteiger partial charge in [0.25, 0.3) is 5.97 Å². The predicted molar refractivity (Wildman–Crippen MR) is 264 cm³/mol. The third-order valence-electron chi connectivity index (χ3n) is 11.4. The largest absolute Gasteiger partial charge is 0.508 e. The van der Waals surface area contributed by atoms with Gasteiger partial charge in [0.1, 0.15) is 22.7 Å². The van der Waals surface area contributed by atoms with Gasteiger partial charge in [0, 0.05) is 19.1 Å². The standard InChI is InChI=1S/C13H22O2.C12H16O2.C11H16O2.C10H14O.C6H12O2.C2H4O2/c1-5-12(3,4)11(14)15-13(6-2)9-7-8-10-13;1-4-11-6-8-12(9-7-11)14-10(3)13-5-2;1-4-11(7-5-6-8-11)13-10(12)9(2)3;1-3-8(2)9-4-6-10(11)7-5-9;1-4-6(2,3)5(7)8;1-2(3)4/h6H,2,5,7-10H2,1,3-4H3;4,6-10H,1,5H2,2-3H3;4H,1-2,5-8H2,3H3;4-8,11H,3H2,1-2H3;4H2,1-3H3,(H,7,8);1H3,(H,3,4). The van der Waals surface area contributed by atoms with Gasteiger partial charge in [0.15, 0.2) is 6.29 Å². The van der Waals surface area contributed by atoms with Gasteiger partial charge in [-0.1, -0.05) is 84.4 Å². The molecule has 0 radical (unpaired) electrons. The second kappa shape index (κ2) is 31.7. The molecule has 2 saturated carbocycles. The maximum Gasteiger partial charge on any atom is 0.333 e. The Morgan fingerprint density at radius 2 is 1.15 bits per heavy atom. The van der Waals surface area contributed by atoms with Gasteiger partial charge in [-0.15, -0.1) is 0 Å². The topological polar surface area (TPSA) is 166 Å². The monoisotopic (exact) mass is 909 g/mol. The molecule has 65 heavy (non-hydrogen) atoms. The number of carbonyl (C=O) groups is 4. The van der Waals surface area contributed by atoms with Gasteiger partial charge < -0.3 is 34.3 Å². The number of hydrogen-bond acceptors (Lipinski definition) is 9. The summed E-state index contributed by atoms with van der Waals surface area (Å²) in [6.45, 7) is 37.5. The summed E-state index contributed by atoms with van der Waals surface area (Å²) in [6, 6.07) is 15.2. The Morgan fingerprint density at radius 1 is 0.723 bits per heavy atom. The molecule has 0 spiro atoms. The summed E-state index contributed by atoms with van der Waals surface area (Å²) in [6.07, 6.45) is 15.9. The summed E-state index contributed by atoms with van der Waals surface area (Å²) in [5, 5.41) is 24.9. The Kier molecular flexibility index (Phi) is 30.2. The zero-order valence-corrected chi connectivity index (χ0v) is 41.9. The number of carboxylic acid groups (broad SMARTS) is 2. The molecule has 4 rings (SSSR count). The molecule has 2 aliphatic rings. The van der Waals surface area contributed by atoms with Crippen molar-refractivity contribution in [1.29, 1.82) is 0 Å². The van der Waals surface area contributed by atoms with Crippen molar-refractivity contribution >= 4 is 30.0 Å². The summed E-state index contributed by atoms with van der Waals surface area (Å²) in [5.74, 6) is -0.196. The molecule has 3 N–H and O–H groups in total. The average Bonchev–Trinajstić information content (AvgIpc) is 3.95. The number of phenolic OH excluding ortho intramolecular Hbond substituents is 1. The number of ether oxygens (including phenoxy) is 4. The molecule has 11 heteroatoms. The van der Waals surface area contributed by atoms with Crippen molar-refractivity contribution in [1.82, 2.24) is 0 Å². The van der Waals surface area contributed by atoms with Crippen LogP contribution in [0.1, 0.15) is 171 Å². The lowest BCUT2D eigenvalue weighted by Gasteiger charge is -2.30. The number of benzene rings is 2. The third kappa shape index (κ3) is 25.8. The van der Waals surface area contributed by atoms with Crippen LogP contribution in [0.15, 0.2) is 92.6 Å². The van der Waals surface area contributed by atoms with Crippen molar-refractivity contribution < 1.29 is 53.4 Å². The minimum atomic E-state index is -0.833. The summed E-state index contributed by atoms with van der Waals surface area (Å²) in [7, 11) is 0. The van der Waals surface area contributed by atoms with E-state index >= 15 is 0 Å². The summed E-state index contributed by atoms with van der Waals surface area (Å²) >= 11 is 0. The minimum Gasteiger partial charge on any atom is -0.508 e. The molecule has 0 aromatic heterocycles. The van der Waals surface area contributed by atoms with Crippen LogP contribution in [0, 0.1) is 10.8 Å². The van der Waals surface area contributed by atoms with E-state index in [-0.39, 0.29) is 29.2 Å². The van der Waals surface area contributed by atoms with Crippen LogP contribution in [-0.2, 0) is 33.4 Å². The molecule has 2 unspecified atom stereocenters. The normalized spacial score (nSPS) is 15.1. The first-order chi connectivity index (χ1) is 30.3. The van der Waals surface area contributed by atoms with Crippen LogP contribution in [0.3, 0.4) is 0 Å². The molecular formula is C54H84O11. The van der Waals surface area contributed by atoms with E-state index < -0.39 is 23.0 Å². The van der Waals surface area contributed by atoms with Crippen LogP contribution >= 0.6 is 0 Å². The van der Waals surface area contributed by atoms with Gasteiger partial charge in [-0.05, 0) is 173 Å². The van der Waals surface area contributed by atoms with E-state index in [1.54, 1.807) is 45.1 Å². The van der Waals surface area contributed by atoms with Crippen molar-refractivity contribution in [2.75, 3.05) is 6.61 Å². The zero-order valence-electron chi connectivity index (χ0n) is 41.9. The number of carbonyl (C=O) groups excluding carboxylic acids is 2. The number of aliphatic carboxylic acids is 2. The first kappa shape index (κ1) is 61.9.